The molecule has 0 radical (unpaired) electrons. The van der Waals surface area contributed by atoms with Crippen molar-refractivity contribution < 1.29 is 22.7 Å². The molecule has 4 heterocycles. The highest BCUT2D eigenvalue weighted by Crippen LogP contribution is 2.23. The molecular formula is C21H24F3N7O2. The molecule has 33 heavy (non-hydrogen) atoms. The van der Waals surface area contributed by atoms with Gasteiger partial charge in [-0.25, -0.2) is 23.1 Å². The number of aryl methyl sites for hydroxylation is 1. The first-order chi connectivity index (χ1) is 15.8. The molecule has 3 aromatic rings. The highest BCUT2D eigenvalue weighted by atomic mass is 19.3. The summed E-state index contributed by atoms with van der Waals surface area (Å²) < 4.78 is 46.9. The molecule has 3 aromatic heterocycles. The van der Waals surface area contributed by atoms with Gasteiger partial charge in [0.2, 0.25) is 18.3 Å². The van der Waals surface area contributed by atoms with Gasteiger partial charge in [0, 0.05) is 56.8 Å². The molecule has 9 nitrogen and oxygen atoms in total. The van der Waals surface area contributed by atoms with Crippen molar-refractivity contribution in [2.24, 2.45) is 0 Å². The molecule has 1 aliphatic rings. The number of fused-ring (bicyclic) bond motifs is 1. The standard InChI is InChI=1S/C21H24F3N7O2/c1-3-33-20-15(8-26-21(29-20)30-5-4-25-13(10-30)7-17(23)24)19(32)28-14-6-16(22)18-27-12(2)9-31(18)11-14/h6,8-9,11,13,17,25H,3-5,7,10H2,1-2H3,(H,28,32)/t13-/m0/s1. The third-order valence-corrected chi connectivity index (χ3v) is 5.15. The van der Waals surface area contributed by atoms with Crippen LogP contribution < -0.4 is 20.3 Å². The van der Waals surface area contributed by atoms with Crippen LogP contribution in [0.1, 0.15) is 29.4 Å². The minimum Gasteiger partial charge on any atom is -0.477 e. The quantitative estimate of drug-likeness (QED) is 0.556. The molecule has 0 unspecified atom stereocenters. The molecule has 0 spiro atoms. The number of aromatic nitrogens is 4. The Morgan fingerprint density at radius 3 is 2.94 bits per heavy atom. The number of alkyl halides is 2. The summed E-state index contributed by atoms with van der Waals surface area (Å²) in [6.07, 6.45) is 1.83. The zero-order chi connectivity index (χ0) is 23.5. The van der Waals surface area contributed by atoms with E-state index in [4.69, 9.17) is 4.74 Å². The number of amides is 1. The van der Waals surface area contributed by atoms with E-state index in [9.17, 15) is 18.0 Å². The van der Waals surface area contributed by atoms with Gasteiger partial charge < -0.3 is 24.7 Å². The van der Waals surface area contributed by atoms with E-state index in [0.717, 1.165) is 0 Å². The number of nitrogens with zero attached hydrogens (tertiary/aromatic N) is 5. The van der Waals surface area contributed by atoms with E-state index in [0.29, 0.717) is 25.3 Å². The van der Waals surface area contributed by atoms with Crippen LogP contribution >= 0.6 is 0 Å². The summed E-state index contributed by atoms with van der Waals surface area (Å²) >= 11 is 0. The van der Waals surface area contributed by atoms with Crippen molar-refractivity contribution >= 4 is 23.2 Å². The monoisotopic (exact) mass is 463 g/mol. The number of ether oxygens (including phenoxy) is 1. The summed E-state index contributed by atoms with van der Waals surface area (Å²) in [7, 11) is 0. The number of anilines is 2. The molecule has 12 heteroatoms. The van der Waals surface area contributed by atoms with Gasteiger partial charge in [0.05, 0.1) is 18.0 Å². The van der Waals surface area contributed by atoms with Gasteiger partial charge in [-0.15, -0.1) is 0 Å². The molecule has 176 valence electrons. The number of carbonyl (C=O) groups is 1. The van der Waals surface area contributed by atoms with Gasteiger partial charge in [0.1, 0.15) is 5.56 Å². The number of hydrogen-bond acceptors (Lipinski definition) is 7. The van der Waals surface area contributed by atoms with Crippen LogP contribution in [0.15, 0.2) is 24.7 Å². The Balaban J connectivity index is 1.55. The minimum absolute atomic E-state index is 0.0592. The van der Waals surface area contributed by atoms with Gasteiger partial charge in [-0.05, 0) is 13.8 Å². The summed E-state index contributed by atoms with van der Waals surface area (Å²) in [6.45, 7) is 5.09. The smallest absolute Gasteiger partial charge is 0.262 e. The fourth-order valence-corrected chi connectivity index (χ4v) is 3.74. The lowest BCUT2D eigenvalue weighted by Crippen LogP contribution is -2.51. The van der Waals surface area contributed by atoms with Crippen LogP contribution in [-0.2, 0) is 0 Å². The Labute approximate surface area is 188 Å². The Kier molecular flexibility index (Phi) is 6.63. The fourth-order valence-electron chi connectivity index (χ4n) is 3.74. The summed E-state index contributed by atoms with van der Waals surface area (Å²) in [5, 5.41) is 5.69. The van der Waals surface area contributed by atoms with Crippen molar-refractivity contribution in [1.29, 1.82) is 0 Å². The number of halogens is 3. The highest BCUT2D eigenvalue weighted by Gasteiger charge is 2.26. The average Bonchev–Trinajstić information content (AvgIpc) is 3.14. The maximum atomic E-state index is 14.3. The first kappa shape index (κ1) is 22.8. The predicted molar refractivity (Wildman–Crippen MR) is 116 cm³/mol. The van der Waals surface area contributed by atoms with E-state index in [1.54, 1.807) is 31.1 Å². The Bertz CT molecular complexity index is 1150. The van der Waals surface area contributed by atoms with Crippen LogP contribution in [0.2, 0.25) is 0 Å². The van der Waals surface area contributed by atoms with E-state index in [1.165, 1.54) is 16.7 Å². The van der Waals surface area contributed by atoms with E-state index in [-0.39, 0.29) is 41.8 Å². The Hall–Kier alpha value is -3.41. The van der Waals surface area contributed by atoms with E-state index < -0.39 is 24.2 Å². The fraction of sp³-hybridized carbons (Fsp3) is 0.429. The molecule has 4 rings (SSSR count). The number of carbonyl (C=O) groups excluding carboxylic acids is 1. The largest absolute Gasteiger partial charge is 0.477 e. The van der Waals surface area contributed by atoms with Gasteiger partial charge >= 0.3 is 0 Å². The van der Waals surface area contributed by atoms with Crippen LogP contribution in [0.3, 0.4) is 0 Å². The molecule has 1 atom stereocenters. The lowest BCUT2D eigenvalue weighted by molar-refractivity contribution is 0.102. The molecule has 1 saturated heterocycles. The second-order valence-corrected chi connectivity index (χ2v) is 7.69. The number of piperazine rings is 1. The summed E-state index contributed by atoms with van der Waals surface area (Å²) in [4.78, 5) is 27.4. The number of pyridine rings is 1. The third kappa shape index (κ3) is 5.16. The highest BCUT2D eigenvalue weighted by molar-refractivity contribution is 6.05. The predicted octanol–water partition coefficient (Wildman–Crippen LogP) is 2.66. The lowest BCUT2D eigenvalue weighted by atomic mass is 10.1. The average molecular weight is 463 g/mol. The molecule has 0 bridgehead atoms. The van der Waals surface area contributed by atoms with Gasteiger partial charge in [0.25, 0.3) is 5.91 Å². The number of hydrogen-bond donors (Lipinski definition) is 2. The molecular weight excluding hydrogens is 439 g/mol. The first-order valence-electron chi connectivity index (χ1n) is 10.6. The first-order valence-corrected chi connectivity index (χ1v) is 10.6. The molecule has 1 aliphatic heterocycles. The van der Waals surface area contributed by atoms with Gasteiger partial charge in [-0.2, -0.15) is 4.98 Å². The summed E-state index contributed by atoms with van der Waals surface area (Å²) in [5.41, 5.74) is 1.10. The van der Waals surface area contributed by atoms with Crippen molar-refractivity contribution in [3.63, 3.8) is 0 Å². The van der Waals surface area contributed by atoms with E-state index in [2.05, 4.69) is 25.6 Å². The Morgan fingerprint density at radius 2 is 2.18 bits per heavy atom. The number of nitrogens with one attached hydrogen (secondary N) is 2. The second-order valence-electron chi connectivity index (χ2n) is 7.69. The zero-order valence-corrected chi connectivity index (χ0v) is 18.2. The lowest BCUT2D eigenvalue weighted by Gasteiger charge is -2.33. The summed E-state index contributed by atoms with van der Waals surface area (Å²) in [5.74, 6) is -0.799. The minimum atomic E-state index is -2.41. The summed E-state index contributed by atoms with van der Waals surface area (Å²) in [6, 6.07) is 0.788. The van der Waals surface area contributed by atoms with Gasteiger partial charge in [0.15, 0.2) is 11.5 Å². The molecule has 0 aliphatic carbocycles. The number of imidazole rings is 1. The number of rotatable bonds is 7. The molecule has 1 fully saturated rings. The maximum Gasteiger partial charge on any atom is 0.262 e. The normalized spacial score (nSPS) is 16.4. The van der Waals surface area contributed by atoms with Crippen molar-refractivity contribution in [2.45, 2.75) is 32.7 Å². The van der Waals surface area contributed by atoms with Crippen molar-refractivity contribution in [1.82, 2.24) is 24.7 Å². The Morgan fingerprint density at radius 1 is 1.36 bits per heavy atom. The third-order valence-electron chi connectivity index (χ3n) is 5.15. The van der Waals surface area contributed by atoms with Gasteiger partial charge in [-0.1, -0.05) is 0 Å². The van der Waals surface area contributed by atoms with Crippen molar-refractivity contribution in [3.8, 4) is 5.88 Å². The van der Waals surface area contributed by atoms with Crippen molar-refractivity contribution in [2.75, 3.05) is 36.5 Å². The van der Waals surface area contributed by atoms with Crippen LogP contribution in [-0.4, -0.2) is 64.0 Å². The van der Waals surface area contributed by atoms with E-state index in [1.807, 2.05) is 0 Å². The molecule has 0 aromatic carbocycles. The van der Waals surface area contributed by atoms with Gasteiger partial charge in [-0.3, -0.25) is 4.79 Å². The molecule has 1 amide bonds. The SMILES string of the molecule is CCOc1nc(N2CCN[C@@H](CC(F)F)C2)ncc1C(=O)Nc1cc(F)c2nc(C)cn2c1. The van der Waals surface area contributed by atoms with Crippen molar-refractivity contribution in [3.05, 3.63) is 41.7 Å². The van der Waals surface area contributed by atoms with E-state index >= 15 is 0 Å². The second kappa shape index (κ2) is 9.61. The maximum absolute atomic E-state index is 14.3. The van der Waals surface area contributed by atoms with Crippen LogP contribution in [0.5, 0.6) is 5.88 Å². The van der Waals surface area contributed by atoms with Crippen LogP contribution in [0, 0.1) is 12.7 Å². The topological polar surface area (TPSA) is 96.7 Å². The zero-order valence-electron chi connectivity index (χ0n) is 18.2. The van der Waals surface area contributed by atoms with Crippen LogP contribution in [0.4, 0.5) is 24.8 Å². The van der Waals surface area contributed by atoms with Crippen LogP contribution in [0.25, 0.3) is 5.65 Å². The molecule has 2 N–H and O–H groups in total. The molecule has 0 saturated carbocycles.